The van der Waals surface area contributed by atoms with Gasteiger partial charge in [0.2, 0.25) is 0 Å². The maximum Gasteiger partial charge on any atom is 0.319 e. The molecule has 0 radical (unpaired) electrons. The van der Waals surface area contributed by atoms with Crippen LogP contribution in [-0.4, -0.2) is 25.8 Å². The van der Waals surface area contributed by atoms with E-state index in [9.17, 15) is 13.6 Å². The Hall–Kier alpha value is -1.69. The summed E-state index contributed by atoms with van der Waals surface area (Å²) in [7, 11) is 0. The lowest BCUT2D eigenvalue weighted by molar-refractivity contribution is 0.108. The molecule has 2 N–H and O–H groups in total. The topological polar surface area (TPSA) is 50.4 Å². The molecule has 6 heteroatoms. The quantitative estimate of drug-likeness (QED) is 0.756. The van der Waals surface area contributed by atoms with Gasteiger partial charge in [-0.2, -0.15) is 0 Å². The highest BCUT2D eigenvalue weighted by atomic mass is 19.2. The Kier molecular flexibility index (Phi) is 6.93. The molecule has 1 rings (SSSR count). The second-order valence-corrected chi connectivity index (χ2v) is 4.83. The van der Waals surface area contributed by atoms with E-state index in [0.29, 0.717) is 32.1 Å². The van der Waals surface area contributed by atoms with Crippen LogP contribution >= 0.6 is 0 Å². The summed E-state index contributed by atoms with van der Waals surface area (Å²) in [6.07, 6.45) is 0.692. The molecule has 4 nitrogen and oxygen atoms in total. The van der Waals surface area contributed by atoms with Gasteiger partial charge in [-0.25, -0.2) is 13.6 Å². The van der Waals surface area contributed by atoms with Crippen LogP contribution in [0.1, 0.15) is 20.3 Å². The molecule has 0 aliphatic heterocycles. The van der Waals surface area contributed by atoms with E-state index in [1.807, 2.05) is 0 Å². The van der Waals surface area contributed by atoms with Crippen LogP contribution in [0.3, 0.4) is 0 Å². The fourth-order valence-corrected chi connectivity index (χ4v) is 1.44. The van der Waals surface area contributed by atoms with Crippen molar-refractivity contribution in [2.24, 2.45) is 5.92 Å². The largest absolute Gasteiger partial charge is 0.381 e. The third-order valence-electron chi connectivity index (χ3n) is 2.38. The molecule has 0 saturated heterocycles. The summed E-state index contributed by atoms with van der Waals surface area (Å²) < 4.78 is 31.0. The molecule has 0 bridgehead atoms. The number of urea groups is 1. The van der Waals surface area contributed by atoms with Crippen LogP contribution in [0.25, 0.3) is 0 Å². The fraction of sp³-hybridized carbons (Fsp3) is 0.500. The molecule has 0 atom stereocenters. The van der Waals surface area contributed by atoms with E-state index in [2.05, 4.69) is 24.5 Å². The minimum Gasteiger partial charge on any atom is -0.381 e. The van der Waals surface area contributed by atoms with Crippen molar-refractivity contribution in [3.63, 3.8) is 0 Å². The van der Waals surface area contributed by atoms with Crippen molar-refractivity contribution < 1.29 is 18.3 Å². The van der Waals surface area contributed by atoms with Crippen molar-refractivity contribution in [1.29, 1.82) is 0 Å². The van der Waals surface area contributed by atoms with E-state index in [4.69, 9.17) is 4.74 Å². The van der Waals surface area contributed by atoms with Crippen LogP contribution < -0.4 is 10.6 Å². The SMILES string of the molecule is CC(C)COCCCNC(=O)Nc1ccc(F)c(F)c1. The number of hydrogen-bond donors (Lipinski definition) is 2. The summed E-state index contributed by atoms with van der Waals surface area (Å²) in [4.78, 5) is 11.5. The first-order valence-electron chi connectivity index (χ1n) is 6.56. The van der Waals surface area contributed by atoms with Crippen molar-refractivity contribution in [1.82, 2.24) is 5.32 Å². The zero-order valence-electron chi connectivity index (χ0n) is 11.7. The van der Waals surface area contributed by atoms with E-state index in [-0.39, 0.29) is 5.69 Å². The standard InChI is InChI=1S/C14H20F2N2O2/c1-10(2)9-20-7-3-6-17-14(19)18-11-4-5-12(15)13(16)8-11/h4-5,8,10H,3,6-7,9H2,1-2H3,(H2,17,18,19). The lowest BCUT2D eigenvalue weighted by Crippen LogP contribution is -2.30. The fourth-order valence-electron chi connectivity index (χ4n) is 1.44. The predicted octanol–water partition coefficient (Wildman–Crippen LogP) is 3.15. The molecule has 2 amide bonds. The molecule has 0 aromatic heterocycles. The van der Waals surface area contributed by atoms with E-state index in [1.165, 1.54) is 6.07 Å². The predicted molar refractivity (Wildman–Crippen MR) is 73.7 cm³/mol. The van der Waals surface area contributed by atoms with Crippen molar-refractivity contribution >= 4 is 11.7 Å². The molecule has 0 aliphatic carbocycles. The molecule has 0 heterocycles. The Labute approximate surface area is 117 Å². The van der Waals surface area contributed by atoms with Gasteiger partial charge >= 0.3 is 6.03 Å². The second kappa shape index (κ2) is 8.47. The first-order valence-corrected chi connectivity index (χ1v) is 6.56. The Morgan fingerprint density at radius 3 is 2.70 bits per heavy atom. The zero-order chi connectivity index (χ0) is 15.0. The van der Waals surface area contributed by atoms with Crippen molar-refractivity contribution in [3.05, 3.63) is 29.8 Å². The lowest BCUT2D eigenvalue weighted by atomic mass is 10.2. The number of hydrogen-bond acceptors (Lipinski definition) is 2. The van der Waals surface area contributed by atoms with E-state index >= 15 is 0 Å². The number of benzene rings is 1. The molecule has 0 aliphatic rings. The molecule has 20 heavy (non-hydrogen) atoms. The van der Waals surface area contributed by atoms with Gasteiger partial charge in [0.15, 0.2) is 11.6 Å². The van der Waals surface area contributed by atoms with Crippen LogP contribution in [0.4, 0.5) is 19.3 Å². The molecule has 0 unspecified atom stereocenters. The van der Waals surface area contributed by atoms with Gasteiger partial charge in [0.1, 0.15) is 0 Å². The normalized spacial score (nSPS) is 10.7. The van der Waals surface area contributed by atoms with Gasteiger partial charge in [-0.3, -0.25) is 0 Å². The molecule has 0 saturated carbocycles. The monoisotopic (exact) mass is 286 g/mol. The summed E-state index contributed by atoms with van der Waals surface area (Å²) in [6, 6.07) is 2.73. The highest BCUT2D eigenvalue weighted by Gasteiger charge is 2.05. The first kappa shape index (κ1) is 16.4. The number of nitrogens with one attached hydrogen (secondary N) is 2. The Morgan fingerprint density at radius 1 is 1.30 bits per heavy atom. The van der Waals surface area contributed by atoms with E-state index in [1.54, 1.807) is 0 Å². The zero-order valence-corrected chi connectivity index (χ0v) is 11.7. The van der Waals surface area contributed by atoms with Crippen molar-refractivity contribution in [2.75, 3.05) is 25.1 Å². The first-order chi connectivity index (χ1) is 9.49. The minimum absolute atomic E-state index is 0.206. The van der Waals surface area contributed by atoms with Crippen LogP contribution in [0, 0.1) is 17.6 Å². The van der Waals surface area contributed by atoms with Crippen molar-refractivity contribution in [3.8, 4) is 0 Å². The number of ether oxygens (including phenoxy) is 1. The molecular formula is C14H20F2N2O2. The maximum absolute atomic E-state index is 12.9. The average Bonchev–Trinajstić information content (AvgIpc) is 2.38. The summed E-state index contributed by atoms with van der Waals surface area (Å²) in [5, 5.41) is 5.03. The minimum atomic E-state index is -0.995. The molecule has 112 valence electrons. The summed E-state index contributed by atoms with van der Waals surface area (Å²) in [5.41, 5.74) is 0.206. The summed E-state index contributed by atoms with van der Waals surface area (Å²) in [6.45, 7) is 5.85. The molecule has 1 aromatic carbocycles. The van der Waals surface area contributed by atoms with Gasteiger partial charge in [-0.1, -0.05) is 13.8 Å². The highest BCUT2D eigenvalue weighted by Crippen LogP contribution is 2.12. The van der Waals surface area contributed by atoms with Gasteiger partial charge in [-0.15, -0.1) is 0 Å². The van der Waals surface area contributed by atoms with Gasteiger partial charge in [0, 0.05) is 31.5 Å². The summed E-state index contributed by atoms with van der Waals surface area (Å²) in [5.74, 6) is -1.46. The number of carbonyl (C=O) groups is 1. The van der Waals surface area contributed by atoms with Crippen LogP contribution in [0.5, 0.6) is 0 Å². The molecule has 0 fully saturated rings. The van der Waals surface area contributed by atoms with E-state index < -0.39 is 17.7 Å². The van der Waals surface area contributed by atoms with Gasteiger partial charge in [-0.05, 0) is 24.5 Å². The Bertz CT molecular complexity index is 439. The van der Waals surface area contributed by atoms with Crippen LogP contribution in [0.15, 0.2) is 18.2 Å². The number of carbonyl (C=O) groups excluding carboxylic acids is 1. The van der Waals surface area contributed by atoms with Crippen LogP contribution in [-0.2, 0) is 4.74 Å². The molecule has 1 aromatic rings. The third kappa shape index (κ3) is 6.47. The van der Waals surface area contributed by atoms with Gasteiger partial charge < -0.3 is 15.4 Å². The summed E-state index contributed by atoms with van der Waals surface area (Å²) >= 11 is 0. The van der Waals surface area contributed by atoms with Gasteiger partial charge in [0.25, 0.3) is 0 Å². The van der Waals surface area contributed by atoms with E-state index in [0.717, 1.165) is 12.1 Å². The molecule has 0 spiro atoms. The second-order valence-electron chi connectivity index (χ2n) is 4.83. The maximum atomic E-state index is 12.9. The number of halogens is 2. The smallest absolute Gasteiger partial charge is 0.319 e. The third-order valence-corrected chi connectivity index (χ3v) is 2.38. The van der Waals surface area contributed by atoms with Crippen LogP contribution in [0.2, 0.25) is 0 Å². The Balaban J connectivity index is 2.18. The number of anilines is 1. The number of amides is 2. The van der Waals surface area contributed by atoms with Gasteiger partial charge in [0.05, 0.1) is 0 Å². The number of rotatable bonds is 7. The average molecular weight is 286 g/mol. The lowest BCUT2D eigenvalue weighted by Gasteiger charge is -2.09. The van der Waals surface area contributed by atoms with Crippen molar-refractivity contribution in [2.45, 2.75) is 20.3 Å². The highest BCUT2D eigenvalue weighted by molar-refractivity contribution is 5.89. The Morgan fingerprint density at radius 2 is 2.05 bits per heavy atom. The molecular weight excluding hydrogens is 266 g/mol.